The molecule has 0 amide bonds. The predicted octanol–water partition coefficient (Wildman–Crippen LogP) is 2.77. The van der Waals surface area contributed by atoms with E-state index >= 15 is 0 Å². The Bertz CT molecular complexity index is 738. The normalized spacial score (nSPS) is 10.6. The highest BCUT2D eigenvalue weighted by molar-refractivity contribution is 9.10. The second-order valence-electron chi connectivity index (χ2n) is 4.70. The Balaban J connectivity index is 2.19. The van der Waals surface area contributed by atoms with Crippen molar-refractivity contribution in [1.82, 2.24) is 9.55 Å². The molecule has 0 aliphatic rings. The third kappa shape index (κ3) is 3.36. The standard InChI is InChI=1S/C14H14BrN3O3/c1-9-13(15)10(2)17(14(19)16-9)8-7-11-3-5-12(6-4-11)18(20)21/h3-6H,7-8H2,1-2H3. The summed E-state index contributed by atoms with van der Waals surface area (Å²) in [6, 6.07) is 6.34. The smallest absolute Gasteiger partial charge is 0.295 e. The van der Waals surface area contributed by atoms with Gasteiger partial charge >= 0.3 is 5.69 Å². The van der Waals surface area contributed by atoms with Gasteiger partial charge in [-0.05, 0) is 41.8 Å². The lowest BCUT2D eigenvalue weighted by Gasteiger charge is -2.12. The predicted molar refractivity (Wildman–Crippen MR) is 82.5 cm³/mol. The van der Waals surface area contributed by atoms with Crippen molar-refractivity contribution in [3.63, 3.8) is 0 Å². The molecule has 1 aromatic heterocycles. The van der Waals surface area contributed by atoms with Gasteiger partial charge in [0.1, 0.15) is 0 Å². The molecule has 6 nitrogen and oxygen atoms in total. The summed E-state index contributed by atoms with van der Waals surface area (Å²) in [6.07, 6.45) is 0.607. The summed E-state index contributed by atoms with van der Waals surface area (Å²) in [5.74, 6) is 0. The average Bonchev–Trinajstić information content (AvgIpc) is 2.45. The van der Waals surface area contributed by atoms with Crippen LogP contribution in [0.3, 0.4) is 0 Å². The van der Waals surface area contributed by atoms with Gasteiger partial charge in [-0.3, -0.25) is 14.7 Å². The number of hydrogen-bond acceptors (Lipinski definition) is 4. The molecule has 1 aromatic carbocycles. The fraction of sp³-hybridized carbons (Fsp3) is 0.286. The summed E-state index contributed by atoms with van der Waals surface area (Å²) in [5, 5.41) is 10.6. The minimum Gasteiger partial charge on any atom is -0.295 e. The molecule has 0 fully saturated rings. The highest BCUT2D eigenvalue weighted by Crippen LogP contribution is 2.17. The molecule has 2 rings (SSSR count). The number of rotatable bonds is 4. The van der Waals surface area contributed by atoms with Crippen molar-refractivity contribution >= 4 is 21.6 Å². The molecule has 110 valence electrons. The number of benzene rings is 1. The highest BCUT2D eigenvalue weighted by Gasteiger charge is 2.09. The van der Waals surface area contributed by atoms with Crippen LogP contribution in [0.25, 0.3) is 0 Å². The summed E-state index contributed by atoms with van der Waals surface area (Å²) in [7, 11) is 0. The fourth-order valence-electron chi connectivity index (χ4n) is 2.07. The van der Waals surface area contributed by atoms with E-state index in [9.17, 15) is 14.9 Å². The Morgan fingerprint density at radius 1 is 1.29 bits per heavy atom. The molecule has 0 radical (unpaired) electrons. The molecular formula is C14H14BrN3O3. The number of aryl methyl sites for hydroxylation is 2. The van der Waals surface area contributed by atoms with Crippen LogP contribution in [-0.4, -0.2) is 14.5 Å². The van der Waals surface area contributed by atoms with E-state index < -0.39 is 4.92 Å². The minimum absolute atomic E-state index is 0.0619. The van der Waals surface area contributed by atoms with Gasteiger partial charge in [0.15, 0.2) is 0 Å². The van der Waals surface area contributed by atoms with E-state index in [0.717, 1.165) is 15.7 Å². The molecule has 0 unspecified atom stereocenters. The molecule has 2 aromatic rings. The van der Waals surface area contributed by atoms with Crippen molar-refractivity contribution in [2.45, 2.75) is 26.8 Å². The first-order valence-corrected chi connectivity index (χ1v) is 7.16. The van der Waals surface area contributed by atoms with Crippen molar-refractivity contribution in [1.29, 1.82) is 0 Å². The second kappa shape index (κ2) is 6.17. The van der Waals surface area contributed by atoms with Crippen molar-refractivity contribution in [3.8, 4) is 0 Å². The number of halogens is 1. The first kappa shape index (κ1) is 15.4. The zero-order valence-corrected chi connectivity index (χ0v) is 13.3. The zero-order chi connectivity index (χ0) is 15.6. The number of hydrogen-bond donors (Lipinski definition) is 0. The lowest BCUT2D eigenvalue weighted by Crippen LogP contribution is -2.27. The number of nitrogens with zero attached hydrogens (tertiary/aromatic N) is 3. The molecule has 7 heteroatoms. The molecular weight excluding hydrogens is 338 g/mol. The monoisotopic (exact) mass is 351 g/mol. The number of aromatic nitrogens is 2. The van der Waals surface area contributed by atoms with Crippen LogP contribution in [0, 0.1) is 24.0 Å². The van der Waals surface area contributed by atoms with Gasteiger partial charge in [-0.1, -0.05) is 12.1 Å². The average molecular weight is 352 g/mol. The largest absolute Gasteiger partial charge is 0.348 e. The molecule has 0 aliphatic heterocycles. The summed E-state index contributed by atoms with van der Waals surface area (Å²) in [5.41, 5.74) is 2.21. The molecule has 0 saturated carbocycles. The van der Waals surface area contributed by atoms with Gasteiger partial charge in [-0.25, -0.2) is 4.79 Å². The van der Waals surface area contributed by atoms with Crippen molar-refractivity contribution in [3.05, 3.63) is 66.3 Å². The Morgan fingerprint density at radius 2 is 1.90 bits per heavy atom. The van der Waals surface area contributed by atoms with Crippen LogP contribution in [0.15, 0.2) is 33.5 Å². The van der Waals surface area contributed by atoms with Gasteiger partial charge in [-0.15, -0.1) is 0 Å². The van der Waals surface area contributed by atoms with Crippen LogP contribution in [0.4, 0.5) is 5.69 Å². The van der Waals surface area contributed by atoms with E-state index in [2.05, 4.69) is 20.9 Å². The minimum atomic E-state index is -0.431. The number of nitro groups is 1. The molecule has 21 heavy (non-hydrogen) atoms. The quantitative estimate of drug-likeness (QED) is 0.626. The Labute approximate surface area is 129 Å². The van der Waals surface area contributed by atoms with Gasteiger partial charge in [0.2, 0.25) is 0 Å². The maximum atomic E-state index is 11.9. The van der Waals surface area contributed by atoms with E-state index in [1.54, 1.807) is 23.6 Å². The van der Waals surface area contributed by atoms with Gasteiger partial charge in [0.05, 0.1) is 15.1 Å². The van der Waals surface area contributed by atoms with E-state index in [4.69, 9.17) is 0 Å². The number of nitro benzene ring substituents is 1. The fourth-order valence-corrected chi connectivity index (χ4v) is 2.37. The lowest BCUT2D eigenvalue weighted by atomic mass is 10.1. The SMILES string of the molecule is Cc1nc(=O)n(CCc2ccc([N+](=O)[O-])cc2)c(C)c1Br. The first-order valence-electron chi connectivity index (χ1n) is 6.37. The van der Waals surface area contributed by atoms with Crippen molar-refractivity contribution in [2.75, 3.05) is 0 Å². The van der Waals surface area contributed by atoms with Crippen LogP contribution < -0.4 is 5.69 Å². The Hall–Kier alpha value is -2.02. The van der Waals surface area contributed by atoms with Crippen LogP contribution in [0.5, 0.6) is 0 Å². The highest BCUT2D eigenvalue weighted by atomic mass is 79.9. The van der Waals surface area contributed by atoms with Gasteiger partial charge in [0.25, 0.3) is 5.69 Å². The third-order valence-electron chi connectivity index (χ3n) is 3.31. The third-order valence-corrected chi connectivity index (χ3v) is 4.45. The zero-order valence-electron chi connectivity index (χ0n) is 11.7. The summed E-state index contributed by atoms with van der Waals surface area (Å²) in [6.45, 7) is 4.11. The maximum absolute atomic E-state index is 11.9. The van der Waals surface area contributed by atoms with Crippen LogP contribution >= 0.6 is 15.9 Å². The summed E-state index contributed by atoms with van der Waals surface area (Å²) < 4.78 is 2.42. The van der Waals surface area contributed by atoms with Crippen molar-refractivity contribution in [2.24, 2.45) is 0 Å². The second-order valence-corrected chi connectivity index (χ2v) is 5.50. The van der Waals surface area contributed by atoms with Gasteiger partial charge in [-0.2, -0.15) is 4.98 Å². The molecule has 0 N–H and O–H groups in total. The van der Waals surface area contributed by atoms with Crippen LogP contribution in [0.2, 0.25) is 0 Å². The maximum Gasteiger partial charge on any atom is 0.348 e. The summed E-state index contributed by atoms with van der Waals surface area (Å²) >= 11 is 3.42. The van der Waals surface area contributed by atoms with Crippen molar-refractivity contribution < 1.29 is 4.92 Å². The van der Waals surface area contributed by atoms with E-state index in [0.29, 0.717) is 18.7 Å². The van der Waals surface area contributed by atoms with Crippen LogP contribution in [0.1, 0.15) is 17.0 Å². The molecule has 0 saturated heterocycles. The lowest BCUT2D eigenvalue weighted by molar-refractivity contribution is -0.384. The molecule has 0 atom stereocenters. The molecule has 0 spiro atoms. The Morgan fingerprint density at radius 3 is 2.48 bits per heavy atom. The van der Waals surface area contributed by atoms with Gasteiger partial charge < -0.3 is 0 Å². The Kier molecular flexibility index (Phi) is 4.52. The first-order chi connectivity index (χ1) is 9.90. The molecule has 0 aliphatic carbocycles. The van der Waals surface area contributed by atoms with Gasteiger partial charge in [0, 0.05) is 24.4 Å². The van der Waals surface area contributed by atoms with E-state index in [-0.39, 0.29) is 11.4 Å². The molecule has 1 heterocycles. The van der Waals surface area contributed by atoms with E-state index in [1.165, 1.54) is 12.1 Å². The summed E-state index contributed by atoms with van der Waals surface area (Å²) in [4.78, 5) is 26.0. The number of non-ortho nitro benzene ring substituents is 1. The van der Waals surface area contributed by atoms with E-state index in [1.807, 2.05) is 6.92 Å². The van der Waals surface area contributed by atoms with Crippen LogP contribution in [-0.2, 0) is 13.0 Å². The topological polar surface area (TPSA) is 78.0 Å². The molecule has 0 bridgehead atoms.